The van der Waals surface area contributed by atoms with Gasteiger partial charge in [0.15, 0.2) is 0 Å². The van der Waals surface area contributed by atoms with Crippen LogP contribution in [-0.4, -0.2) is 60.0 Å². The Morgan fingerprint density at radius 3 is 2.33 bits per heavy atom. The minimum absolute atomic E-state index is 0.0470. The third-order valence-corrected chi connectivity index (χ3v) is 2.51. The first kappa shape index (κ1) is 12.0. The Balaban J connectivity index is 2.31. The molecule has 1 aliphatic carbocycles. The number of hydrogen-bond acceptors (Lipinski definition) is 3. The third-order valence-electron chi connectivity index (χ3n) is 2.51. The molecule has 0 bridgehead atoms. The van der Waals surface area contributed by atoms with Gasteiger partial charge in [0.1, 0.15) is 0 Å². The van der Waals surface area contributed by atoms with E-state index in [0.717, 1.165) is 12.8 Å². The van der Waals surface area contributed by atoms with Gasteiger partial charge in [-0.15, -0.1) is 0 Å². The molecule has 0 radical (unpaired) electrons. The van der Waals surface area contributed by atoms with Crippen molar-refractivity contribution in [1.29, 1.82) is 0 Å². The van der Waals surface area contributed by atoms with Crippen LogP contribution in [0.25, 0.3) is 0 Å². The number of nitrogens with zero attached hydrogens (tertiary/aromatic N) is 2. The summed E-state index contributed by atoms with van der Waals surface area (Å²) in [7, 11) is 3.42. The summed E-state index contributed by atoms with van der Waals surface area (Å²) in [4.78, 5) is 25.3. The van der Waals surface area contributed by atoms with Crippen LogP contribution in [0.1, 0.15) is 19.3 Å². The van der Waals surface area contributed by atoms with E-state index in [2.05, 4.69) is 0 Å². The summed E-state index contributed by atoms with van der Waals surface area (Å²) in [6, 6.07) is 0.385. The number of rotatable bonds is 6. The van der Waals surface area contributed by atoms with E-state index in [9.17, 15) is 9.59 Å². The van der Waals surface area contributed by atoms with E-state index >= 15 is 0 Å². The van der Waals surface area contributed by atoms with E-state index in [1.165, 1.54) is 4.90 Å². The van der Waals surface area contributed by atoms with Gasteiger partial charge in [0.25, 0.3) is 0 Å². The number of carboxylic acids is 1. The van der Waals surface area contributed by atoms with Gasteiger partial charge in [-0.2, -0.15) is 0 Å². The summed E-state index contributed by atoms with van der Waals surface area (Å²) >= 11 is 0. The standard InChI is InChI=1S/C10H18N2O3/c1-11(2)9(13)5-6-12(7-10(14)15)8-3-4-8/h8H,3-7H2,1-2H3,(H,14,15). The van der Waals surface area contributed by atoms with Gasteiger partial charge in [-0.1, -0.05) is 0 Å². The predicted octanol–water partition coefficient (Wildman–Crippen LogP) is 0.0137. The highest BCUT2D eigenvalue weighted by Crippen LogP contribution is 2.26. The number of amides is 1. The van der Waals surface area contributed by atoms with Gasteiger partial charge >= 0.3 is 5.97 Å². The molecule has 0 spiro atoms. The van der Waals surface area contributed by atoms with E-state index in [4.69, 9.17) is 5.11 Å². The van der Waals surface area contributed by atoms with Crippen LogP contribution in [0.3, 0.4) is 0 Å². The first-order chi connectivity index (χ1) is 7.00. The Morgan fingerprint density at radius 1 is 1.33 bits per heavy atom. The first-order valence-electron chi connectivity index (χ1n) is 5.16. The highest BCUT2D eigenvalue weighted by atomic mass is 16.4. The van der Waals surface area contributed by atoms with Crippen molar-refractivity contribution in [2.75, 3.05) is 27.2 Å². The summed E-state index contributed by atoms with van der Waals surface area (Å²) in [5.41, 5.74) is 0. The summed E-state index contributed by atoms with van der Waals surface area (Å²) in [5.74, 6) is -0.773. The highest BCUT2D eigenvalue weighted by Gasteiger charge is 2.30. The smallest absolute Gasteiger partial charge is 0.317 e. The Kier molecular flexibility index (Phi) is 4.08. The van der Waals surface area contributed by atoms with Gasteiger partial charge in [0.2, 0.25) is 5.91 Å². The number of carbonyl (C=O) groups is 2. The summed E-state index contributed by atoms with van der Waals surface area (Å²) in [6.45, 7) is 0.597. The second kappa shape index (κ2) is 5.11. The van der Waals surface area contributed by atoms with Crippen LogP contribution >= 0.6 is 0 Å². The molecule has 1 aliphatic rings. The monoisotopic (exact) mass is 214 g/mol. The zero-order valence-electron chi connectivity index (χ0n) is 9.27. The molecular formula is C10H18N2O3. The predicted molar refractivity (Wildman–Crippen MR) is 55.5 cm³/mol. The molecule has 1 fully saturated rings. The van der Waals surface area contributed by atoms with Crippen molar-refractivity contribution in [2.24, 2.45) is 0 Å². The number of carbonyl (C=O) groups excluding carboxylic acids is 1. The average molecular weight is 214 g/mol. The quantitative estimate of drug-likeness (QED) is 0.677. The minimum Gasteiger partial charge on any atom is -0.480 e. The number of hydrogen-bond donors (Lipinski definition) is 1. The first-order valence-corrected chi connectivity index (χ1v) is 5.16. The fraction of sp³-hybridized carbons (Fsp3) is 0.800. The van der Waals surface area contributed by atoms with Crippen LogP contribution < -0.4 is 0 Å². The second-order valence-electron chi connectivity index (χ2n) is 4.13. The molecule has 1 rings (SSSR count). The van der Waals surface area contributed by atoms with Crippen molar-refractivity contribution in [1.82, 2.24) is 9.80 Å². The molecule has 0 aliphatic heterocycles. The second-order valence-corrected chi connectivity index (χ2v) is 4.13. The average Bonchev–Trinajstić information content (AvgIpc) is 2.93. The van der Waals surface area contributed by atoms with Gasteiger partial charge in [-0.25, -0.2) is 0 Å². The SMILES string of the molecule is CN(C)C(=O)CCN(CC(=O)O)C1CC1. The summed E-state index contributed by atoms with van der Waals surface area (Å²) in [5, 5.41) is 8.70. The molecule has 1 saturated carbocycles. The van der Waals surface area contributed by atoms with E-state index in [0.29, 0.717) is 19.0 Å². The summed E-state index contributed by atoms with van der Waals surface area (Å²) < 4.78 is 0. The molecule has 5 heteroatoms. The van der Waals surface area contributed by atoms with Crippen LogP contribution in [0.15, 0.2) is 0 Å². The lowest BCUT2D eigenvalue weighted by Crippen LogP contribution is -2.35. The van der Waals surface area contributed by atoms with Crippen LogP contribution in [0, 0.1) is 0 Å². The van der Waals surface area contributed by atoms with Crippen molar-refractivity contribution in [3.8, 4) is 0 Å². The Labute approximate surface area is 89.7 Å². The molecule has 86 valence electrons. The molecule has 0 atom stereocenters. The fourth-order valence-corrected chi connectivity index (χ4v) is 1.47. The van der Waals surface area contributed by atoms with Crippen molar-refractivity contribution in [2.45, 2.75) is 25.3 Å². The van der Waals surface area contributed by atoms with Crippen molar-refractivity contribution in [3.05, 3.63) is 0 Å². The zero-order chi connectivity index (χ0) is 11.4. The number of aliphatic carboxylic acids is 1. The summed E-state index contributed by atoms with van der Waals surface area (Å²) in [6.07, 6.45) is 2.52. The Hall–Kier alpha value is -1.10. The lowest BCUT2D eigenvalue weighted by molar-refractivity contribution is -0.139. The molecule has 1 N–H and O–H groups in total. The van der Waals surface area contributed by atoms with Gasteiger partial charge in [-0.3, -0.25) is 14.5 Å². The minimum atomic E-state index is -0.820. The zero-order valence-corrected chi connectivity index (χ0v) is 9.27. The maximum absolute atomic E-state index is 11.3. The molecule has 5 nitrogen and oxygen atoms in total. The van der Waals surface area contributed by atoms with Gasteiger partial charge < -0.3 is 10.0 Å². The van der Waals surface area contributed by atoms with Crippen molar-refractivity contribution >= 4 is 11.9 Å². The molecule has 0 heterocycles. The lowest BCUT2D eigenvalue weighted by atomic mass is 10.3. The molecule has 0 saturated heterocycles. The fourth-order valence-electron chi connectivity index (χ4n) is 1.47. The maximum Gasteiger partial charge on any atom is 0.317 e. The Morgan fingerprint density at radius 2 is 1.93 bits per heavy atom. The third kappa shape index (κ3) is 4.29. The van der Waals surface area contributed by atoms with Crippen LogP contribution in [0.4, 0.5) is 0 Å². The number of carboxylic acid groups (broad SMARTS) is 1. The lowest BCUT2D eigenvalue weighted by Gasteiger charge is -2.20. The largest absolute Gasteiger partial charge is 0.480 e. The molecule has 15 heavy (non-hydrogen) atoms. The van der Waals surface area contributed by atoms with Crippen LogP contribution in [0.5, 0.6) is 0 Å². The van der Waals surface area contributed by atoms with E-state index in [1.54, 1.807) is 14.1 Å². The van der Waals surface area contributed by atoms with Gasteiger partial charge in [-0.05, 0) is 12.8 Å². The topological polar surface area (TPSA) is 60.9 Å². The maximum atomic E-state index is 11.3. The van der Waals surface area contributed by atoms with Gasteiger partial charge in [0, 0.05) is 33.1 Å². The van der Waals surface area contributed by atoms with Gasteiger partial charge in [0.05, 0.1) is 6.54 Å². The van der Waals surface area contributed by atoms with Crippen molar-refractivity contribution < 1.29 is 14.7 Å². The highest BCUT2D eigenvalue weighted by molar-refractivity contribution is 5.75. The Bertz CT molecular complexity index is 249. The molecule has 0 aromatic carbocycles. The normalized spacial score (nSPS) is 15.4. The molecule has 1 amide bonds. The van der Waals surface area contributed by atoms with E-state index in [1.807, 2.05) is 4.90 Å². The van der Waals surface area contributed by atoms with Crippen LogP contribution in [-0.2, 0) is 9.59 Å². The molecule has 0 unspecified atom stereocenters. The van der Waals surface area contributed by atoms with Crippen molar-refractivity contribution in [3.63, 3.8) is 0 Å². The van der Waals surface area contributed by atoms with Crippen LogP contribution in [0.2, 0.25) is 0 Å². The van der Waals surface area contributed by atoms with E-state index in [-0.39, 0.29) is 12.5 Å². The van der Waals surface area contributed by atoms with E-state index < -0.39 is 5.97 Å². The molecule has 0 aromatic rings. The molecule has 0 aromatic heterocycles. The molecular weight excluding hydrogens is 196 g/mol.